The minimum atomic E-state index is -0.683. The van der Waals surface area contributed by atoms with Gasteiger partial charge in [-0.05, 0) is 48.2 Å². The van der Waals surface area contributed by atoms with Crippen molar-refractivity contribution in [2.75, 3.05) is 13.1 Å². The Morgan fingerprint density at radius 2 is 1.94 bits per heavy atom. The van der Waals surface area contributed by atoms with Gasteiger partial charge in [-0.25, -0.2) is 9.18 Å². The predicted molar refractivity (Wildman–Crippen MR) is 111 cm³/mol. The smallest absolute Gasteiger partial charge is 0.317 e. The van der Waals surface area contributed by atoms with Crippen molar-refractivity contribution in [2.24, 2.45) is 5.16 Å². The fourth-order valence-electron chi connectivity index (χ4n) is 3.85. The molecule has 1 unspecified atom stereocenters. The first-order valence-electron chi connectivity index (χ1n) is 10.2. The molecule has 2 aliphatic rings. The van der Waals surface area contributed by atoms with Crippen molar-refractivity contribution in [3.63, 3.8) is 0 Å². The maximum absolute atomic E-state index is 13.3. The molecule has 0 saturated carbocycles. The van der Waals surface area contributed by atoms with E-state index in [1.165, 1.54) is 12.1 Å². The average Bonchev–Trinajstić information content (AvgIpc) is 3.19. The number of amides is 3. The molecule has 31 heavy (non-hydrogen) atoms. The van der Waals surface area contributed by atoms with Crippen LogP contribution in [-0.4, -0.2) is 46.2 Å². The summed E-state index contributed by atoms with van der Waals surface area (Å²) in [6.45, 7) is 1.54. The lowest BCUT2D eigenvalue weighted by Crippen LogP contribution is -2.53. The number of hydrogen-bond donors (Lipinski definition) is 2. The lowest BCUT2D eigenvalue weighted by atomic mass is 9.88. The number of halogens is 1. The highest BCUT2D eigenvalue weighted by atomic mass is 19.1. The number of piperidine rings is 1. The molecular formula is C22H24FN5O3. The molecule has 1 aromatic carbocycles. The van der Waals surface area contributed by atoms with Crippen LogP contribution in [0.4, 0.5) is 9.18 Å². The number of pyridine rings is 1. The Labute approximate surface area is 179 Å². The fourth-order valence-corrected chi connectivity index (χ4v) is 3.85. The van der Waals surface area contributed by atoms with Crippen LogP contribution >= 0.6 is 0 Å². The minimum Gasteiger partial charge on any atom is -0.386 e. The highest BCUT2D eigenvalue weighted by Gasteiger charge is 2.45. The quantitative estimate of drug-likeness (QED) is 0.769. The first-order chi connectivity index (χ1) is 15.0. The van der Waals surface area contributed by atoms with Crippen molar-refractivity contribution < 1.29 is 18.8 Å². The third-order valence-electron chi connectivity index (χ3n) is 5.46. The van der Waals surface area contributed by atoms with Crippen LogP contribution in [0.5, 0.6) is 0 Å². The molecule has 1 aromatic heterocycles. The highest BCUT2D eigenvalue weighted by Crippen LogP contribution is 2.33. The summed E-state index contributed by atoms with van der Waals surface area (Å²) in [5.74, 6) is -0.615. The number of nitrogens with zero attached hydrogens (tertiary/aromatic N) is 3. The summed E-state index contributed by atoms with van der Waals surface area (Å²) in [6.07, 6.45) is 5.15. The maximum Gasteiger partial charge on any atom is 0.317 e. The molecule has 0 aliphatic carbocycles. The Morgan fingerprint density at radius 1 is 1.13 bits per heavy atom. The van der Waals surface area contributed by atoms with Crippen molar-refractivity contribution in [3.05, 3.63) is 65.7 Å². The highest BCUT2D eigenvalue weighted by molar-refractivity contribution is 6.39. The molecule has 3 amide bonds. The van der Waals surface area contributed by atoms with Crippen LogP contribution in [0.25, 0.3) is 0 Å². The summed E-state index contributed by atoms with van der Waals surface area (Å²) in [5, 5.41) is 9.67. The van der Waals surface area contributed by atoms with Gasteiger partial charge in [0.05, 0.1) is 6.54 Å². The molecule has 8 nitrogen and oxygen atoms in total. The molecule has 9 heteroatoms. The van der Waals surface area contributed by atoms with E-state index in [9.17, 15) is 14.0 Å². The number of oxime groups is 1. The van der Waals surface area contributed by atoms with E-state index in [2.05, 4.69) is 20.8 Å². The van der Waals surface area contributed by atoms with E-state index in [0.29, 0.717) is 43.8 Å². The van der Waals surface area contributed by atoms with Crippen LogP contribution in [0.1, 0.15) is 30.4 Å². The van der Waals surface area contributed by atoms with Crippen LogP contribution in [0.3, 0.4) is 0 Å². The first-order valence-corrected chi connectivity index (χ1v) is 10.2. The molecular weight excluding hydrogens is 401 g/mol. The van der Waals surface area contributed by atoms with Crippen molar-refractivity contribution in [3.8, 4) is 0 Å². The number of carbonyl (C=O) groups excluding carboxylic acids is 2. The fraction of sp³-hybridized carbons (Fsp3) is 0.364. The normalized spacial score (nSPS) is 20.2. The predicted octanol–water partition coefficient (Wildman–Crippen LogP) is 2.36. The lowest BCUT2D eigenvalue weighted by Gasteiger charge is -2.38. The zero-order valence-electron chi connectivity index (χ0n) is 17.0. The third-order valence-corrected chi connectivity index (χ3v) is 5.46. The molecule has 2 N–H and O–H groups in total. The number of hydrogen-bond acceptors (Lipinski definition) is 5. The molecule has 3 heterocycles. The molecule has 1 fully saturated rings. The van der Waals surface area contributed by atoms with Crippen LogP contribution in [0, 0.1) is 5.82 Å². The second-order valence-electron chi connectivity index (χ2n) is 7.84. The molecule has 2 aliphatic heterocycles. The van der Waals surface area contributed by atoms with Gasteiger partial charge in [-0.1, -0.05) is 17.3 Å². The van der Waals surface area contributed by atoms with Crippen molar-refractivity contribution in [1.29, 1.82) is 0 Å². The third kappa shape index (κ3) is 5.17. The molecule has 1 spiro atoms. The van der Waals surface area contributed by atoms with E-state index in [1.807, 2.05) is 12.1 Å². The molecule has 1 atom stereocenters. The number of rotatable bonds is 5. The minimum absolute atomic E-state index is 0.236. The van der Waals surface area contributed by atoms with Crippen molar-refractivity contribution in [2.45, 2.75) is 38.0 Å². The number of carbonyl (C=O) groups is 2. The summed E-state index contributed by atoms with van der Waals surface area (Å²) in [5.41, 5.74) is 1.28. The SMILES string of the molecule is O=C(NCc1ccncc1)C1=NOC2(CCCN(C(=O)NCc3cccc(F)c3)C2)C1. The van der Waals surface area contributed by atoms with E-state index in [1.54, 1.807) is 29.4 Å². The second-order valence-corrected chi connectivity index (χ2v) is 7.84. The maximum atomic E-state index is 13.3. The van der Waals surface area contributed by atoms with Gasteiger partial charge in [-0.3, -0.25) is 9.78 Å². The van der Waals surface area contributed by atoms with Gasteiger partial charge in [0.1, 0.15) is 11.5 Å². The number of aromatic nitrogens is 1. The van der Waals surface area contributed by atoms with E-state index in [0.717, 1.165) is 12.0 Å². The van der Waals surface area contributed by atoms with Gasteiger partial charge in [0.15, 0.2) is 5.60 Å². The Bertz CT molecular complexity index is 984. The Kier molecular flexibility index (Phi) is 6.11. The van der Waals surface area contributed by atoms with Crippen LogP contribution in [-0.2, 0) is 22.7 Å². The van der Waals surface area contributed by atoms with Crippen LogP contribution < -0.4 is 10.6 Å². The molecule has 2 aromatic rings. The summed E-state index contributed by atoms with van der Waals surface area (Å²) in [7, 11) is 0. The van der Waals surface area contributed by atoms with E-state index >= 15 is 0 Å². The van der Waals surface area contributed by atoms with Gasteiger partial charge < -0.3 is 20.4 Å². The Hall–Kier alpha value is -3.49. The Balaban J connectivity index is 1.29. The second kappa shape index (κ2) is 9.11. The zero-order chi connectivity index (χ0) is 21.7. The van der Waals surface area contributed by atoms with Gasteiger partial charge >= 0.3 is 6.03 Å². The number of likely N-dealkylation sites (tertiary alicyclic amines) is 1. The van der Waals surface area contributed by atoms with Gasteiger partial charge in [0, 0.05) is 38.4 Å². The molecule has 1 saturated heterocycles. The van der Waals surface area contributed by atoms with E-state index in [-0.39, 0.29) is 24.3 Å². The van der Waals surface area contributed by atoms with E-state index < -0.39 is 5.60 Å². The largest absolute Gasteiger partial charge is 0.386 e. The van der Waals surface area contributed by atoms with Gasteiger partial charge in [0.2, 0.25) is 0 Å². The van der Waals surface area contributed by atoms with Gasteiger partial charge in [-0.2, -0.15) is 0 Å². The van der Waals surface area contributed by atoms with Crippen molar-refractivity contribution in [1.82, 2.24) is 20.5 Å². The van der Waals surface area contributed by atoms with Gasteiger partial charge in [-0.15, -0.1) is 0 Å². The molecule has 4 rings (SSSR count). The zero-order valence-corrected chi connectivity index (χ0v) is 17.0. The molecule has 0 bridgehead atoms. The van der Waals surface area contributed by atoms with Crippen LogP contribution in [0.2, 0.25) is 0 Å². The average molecular weight is 425 g/mol. The number of nitrogens with one attached hydrogen (secondary N) is 2. The monoisotopic (exact) mass is 425 g/mol. The summed E-state index contributed by atoms with van der Waals surface area (Å²) >= 11 is 0. The summed E-state index contributed by atoms with van der Waals surface area (Å²) in [4.78, 5) is 36.4. The molecule has 0 radical (unpaired) electrons. The number of benzene rings is 1. The van der Waals surface area contributed by atoms with E-state index in [4.69, 9.17) is 4.84 Å². The van der Waals surface area contributed by atoms with Gasteiger partial charge in [0.25, 0.3) is 5.91 Å². The summed E-state index contributed by atoms with van der Waals surface area (Å²) in [6, 6.07) is 9.53. The standard InChI is InChI=1S/C22H24FN5O3/c23-18-4-1-3-17(11-18)14-26-21(30)28-10-2-7-22(15-28)12-19(27-31-22)20(29)25-13-16-5-8-24-9-6-16/h1,3-6,8-9,11H,2,7,10,12-15H2,(H,25,29)(H,26,30). The number of urea groups is 1. The van der Waals surface area contributed by atoms with Crippen LogP contribution in [0.15, 0.2) is 53.9 Å². The lowest BCUT2D eigenvalue weighted by molar-refractivity contribution is -0.115. The topological polar surface area (TPSA) is 95.9 Å². The van der Waals surface area contributed by atoms with Crippen molar-refractivity contribution >= 4 is 17.6 Å². The summed E-state index contributed by atoms with van der Waals surface area (Å²) < 4.78 is 13.3. The molecule has 162 valence electrons. The Morgan fingerprint density at radius 3 is 2.74 bits per heavy atom. The first kappa shape index (κ1) is 20.8.